The molecular weight excluding hydrogens is 438 g/mol. The van der Waals surface area contributed by atoms with Crippen LogP contribution in [0.1, 0.15) is 19.4 Å². The third kappa shape index (κ3) is 4.44. The Morgan fingerprint density at radius 2 is 2.12 bits per heavy atom. The molecule has 0 amide bonds. The first kappa shape index (κ1) is 21.7. The first-order valence-electron chi connectivity index (χ1n) is 7.02. The molecular formula is C14H21BrClN3O3S2. The number of aliphatic hydroxyl groups is 1. The van der Waals surface area contributed by atoms with Gasteiger partial charge in [0.25, 0.3) is 0 Å². The van der Waals surface area contributed by atoms with Crippen LogP contribution in [-0.2, 0) is 15.7 Å². The number of nitrogens with zero attached hydrogens (tertiary/aromatic N) is 2. The van der Waals surface area contributed by atoms with Gasteiger partial charge >= 0.3 is 0 Å². The molecule has 1 aliphatic rings. The number of sulfonamides is 1. The number of nitrogens with two attached hydrogens (primary N) is 1. The van der Waals surface area contributed by atoms with Crippen LogP contribution in [0.2, 0.25) is 5.02 Å². The highest BCUT2D eigenvalue weighted by molar-refractivity contribution is 8.93. The van der Waals surface area contributed by atoms with Crippen LogP contribution in [0.5, 0.6) is 0 Å². The van der Waals surface area contributed by atoms with E-state index in [1.54, 1.807) is 18.0 Å². The fourth-order valence-electron chi connectivity index (χ4n) is 2.18. The Morgan fingerprint density at radius 1 is 1.50 bits per heavy atom. The van der Waals surface area contributed by atoms with Gasteiger partial charge in [0.1, 0.15) is 4.90 Å². The molecule has 1 unspecified atom stereocenters. The molecule has 0 spiro atoms. The average molecular weight is 459 g/mol. The van der Waals surface area contributed by atoms with Crippen molar-refractivity contribution in [2.24, 2.45) is 16.0 Å². The van der Waals surface area contributed by atoms with Gasteiger partial charge in [-0.3, -0.25) is 4.99 Å². The van der Waals surface area contributed by atoms with Crippen LogP contribution in [0.15, 0.2) is 28.1 Å². The first-order chi connectivity index (χ1) is 10.6. The van der Waals surface area contributed by atoms with E-state index in [-0.39, 0.29) is 26.9 Å². The molecule has 10 heteroatoms. The third-order valence-electron chi connectivity index (χ3n) is 3.54. The van der Waals surface area contributed by atoms with Crippen LogP contribution >= 0.6 is 40.3 Å². The predicted octanol–water partition coefficient (Wildman–Crippen LogP) is 2.40. The smallest absolute Gasteiger partial charge is 0.239 e. The highest BCUT2D eigenvalue weighted by Crippen LogP contribution is 2.39. The van der Waals surface area contributed by atoms with Crippen molar-refractivity contribution in [2.75, 3.05) is 19.3 Å². The van der Waals surface area contributed by atoms with E-state index >= 15 is 0 Å². The molecule has 6 nitrogen and oxygen atoms in total. The number of hydrogen-bond acceptors (Lipinski definition) is 5. The summed E-state index contributed by atoms with van der Waals surface area (Å²) < 4.78 is 23.2. The Balaban J connectivity index is 0.00000288. The molecule has 2 rings (SSSR count). The van der Waals surface area contributed by atoms with Gasteiger partial charge in [-0.25, -0.2) is 13.6 Å². The van der Waals surface area contributed by atoms with E-state index in [4.69, 9.17) is 16.7 Å². The maximum atomic E-state index is 11.6. The van der Waals surface area contributed by atoms with Crippen molar-refractivity contribution in [3.63, 3.8) is 0 Å². The zero-order valence-electron chi connectivity index (χ0n) is 13.6. The van der Waals surface area contributed by atoms with Crippen LogP contribution in [0.3, 0.4) is 0 Å². The summed E-state index contributed by atoms with van der Waals surface area (Å²) in [6.07, 6.45) is 0. The summed E-state index contributed by atoms with van der Waals surface area (Å²) >= 11 is 7.32. The van der Waals surface area contributed by atoms with Gasteiger partial charge in [-0.05, 0) is 18.1 Å². The SMILES string of the molecule is Br.CC(C)CN=C1SCC(O)(c2ccc(Cl)c(S(N)(=O)=O)c2)N1C. The minimum atomic E-state index is -3.96. The van der Waals surface area contributed by atoms with Gasteiger partial charge in [-0.15, -0.1) is 17.0 Å². The first-order valence-corrected chi connectivity index (χ1v) is 9.93. The monoisotopic (exact) mass is 457 g/mol. The summed E-state index contributed by atoms with van der Waals surface area (Å²) in [5.74, 6) is 0.751. The normalized spacial score (nSPS) is 23.0. The topological polar surface area (TPSA) is 96.0 Å². The second-order valence-corrected chi connectivity index (χ2v) is 8.75. The molecule has 1 fully saturated rings. The fourth-order valence-corrected chi connectivity index (χ4v) is 4.45. The van der Waals surface area contributed by atoms with Gasteiger partial charge in [0.05, 0.1) is 10.8 Å². The van der Waals surface area contributed by atoms with Crippen LogP contribution in [-0.4, -0.2) is 42.9 Å². The van der Waals surface area contributed by atoms with Crippen molar-refractivity contribution in [1.82, 2.24) is 4.90 Å². The molecule has 1 aromatic carbocycles. The van der Waals surface area contributed by atoms with E-state index in [9.17, 15) is 13.5 Å². The molecule has 24 heavy (non-hydrogen) atoms. The lowest BCUT2D eigenvalue weighted by Gasteiger charge is -2.31. The summed E-state index contributed by atoms with van der Waals surface area (Å²) in [7, 11) is -2.24. The lowest BCUT2D eigenvalue weighted by molar-refractivity contribution is -0.0350. The Bertz CT molecular complexity index is 743. The van der Waals surface area contributed by atoms with Crippen molar-refractivity contribution >= 4 is 55.5 Å². The van der Waals surface area contributed by atoms with Crippen LogP contribution in [0.4, 0.5) is 0 Å². The number of rotatable bonds is 4. The molecule has 3 N–H and O–H groups in total. The maximum Gasteiger partial charge on any atom is 0.239 e. The Kier molecular flexibility index (Phi) is 7.17. The molecule has 1 heterocycles. The number of amidine groups is 1. The molecule has 136 valence electrons. The van der Waals surface area contributed by atoms with E-state index in [1.807, 2.05) is 0 Å². The summed E-state index contributed by atoms with van der Waals surface area (Å²) in [6.45, 7) is 4.78. The van der Waals surface area contributed by atoms with Gasteiger partial charge in [0, 0.05) is 19.2 Å². The second kappa shape index (κ2) is 7.92. The minimum absolute atomic E-state index is 0. The third-order valence-corrected chi connectivity index (χ3v) is 6.14. The number of primary sulfonamides is 1. The van der Waals surface area contributed by atoms with E-state index in [0.717, 1.165) is 0 Å². The second-order valence-electron chi connectivity index (χ2n) is 5.87. The summed E-state index contributed by atoms with van der Waals surface area (Å²) in [5.41, 5.74) is -0.944. The largest absolute Gasteiger partial charge is 0.366 e. The summed E-state index contributed by atoms with van der Waals surface area (Å²) in [4.78, 5) is 5.94. The van der Waals surface area contributed by atoms with Crippen LogP contribution in [0.25, 0.3) is 0 Å². The van der Waals surface area contributed by atoms with Gasteiger partial charge in [0.15, 0.2) is 10.9 Å². The highest BCUT2D eigenvalue weighted by Gasteiger charge is 2.43. The van der Waals surface area contributed by atoms with Gasteiger partial charge in [-0.1, -0.05) is 43.3 Å². The number of thioether (sulfide) groups is 1. The zero-order chi connectivity index (χ0) is 17.4. The number of benzene rings is 1. The molecule has 1 aliphatic heterocycles. The van der Waals surface area contributed by atoms with Gasteiger partial charge in [0.2, 0.25) is 10.0 Å². The summed E-state index contributed by atoms with van der Waals surface area (Å²) in [6, 6.07) is 4.34. The number of aliphatic imine (C=N–C) groups is 1. The average Bonchev–Trinajstić information content (AvgIpc) is 2.73. The van der Waals surface area contributed by atoms with E-state index < -0.39 is 15.7 Å². The Labute approximate surface area is 162 Å². The quantitative estimate of drug-likeness (QED) is 0.722. The lowest BCUT2D eigenvalue weighted by atomic mass is 10.0. The summed E-state index contributed by atoms with van der Waals surface area (Å²) in [5, 5.41) is 16.9. The Hall–Kier alpha value is -0.320. The molecule has 0 bridgehead atoms. The fraction of sp³-hybridized carbons (Fsp3) is 0.500. The van der Waals surface area contributed by atoms with Crippen LogP contribution in [0, 0.1) is 5.92 Å². The standard InChI is InChI=1S/C14H20ClN3O3S2.BrH/c1-9(2)7-17-13-18(3)14(19,8-22-13)10-4-5-11(15)12(6-10)23(16,20)21;/h4-6,9,19H,7-8H2,1-3H3,(H2,16,20,21);1H. The highest BCUT2D eigenvalue weighted by atomic mass is 79.9. The van der Waals surface area contributed by atoms with E-state index in [2.05, 4.69) is 18.8 Å². The van der Waals surface area contributed by atoms with Crippen LogP contribution < -0.4 is 5.14 Å². The predicted molar refractivity (Wildman–Crippen MR) is 104 cm³/mol. The van der Waals surface area contributed by atoms with Gasteiger partial charge < -0.3 is 10.0 Å². The van der Waals surface area contributed by atoms with Crippen molar-refractivity contribution < 1.29 is 13.5 Å². The Morgan fingerprint density at radius 3 is 2.67 bits per heavy atom. The minimum Gasteiger partial charge on any atom is -0.366 e. The molecule has 1 saturated heterocycles. The number of halogens is 2. The van der Waals surface area contributed by atoms with Gasteiger partial charge in [-0.2, -0.15) is 0 Å². The zero-order valence-corrected chi connectivity index (χ0v) is 17.7. The van der Waals surface area contributed by atoms with Crippen molar-refractivity contribution in [2.45, 2.75) is 24.5 Å². The van der Waals surface area contributed by atoms with E-state index in [0.29, 0.717) is 28.9 Å². The van der Waals surface area contributed by atoms with Crippen molar-refractivity contribution in [1.29, 1.82) is 0 Å². The van der Waals surface area contributed by atoms with Crippen molar-refractivity contribution in [3.8, 4) is 0 Å². The molecule has 0 aliphatic carbocycles. The molecule has 1 aromatic rings. The lowest BCUT2D eigenvalue weighted by Crippen LogP contribution is -2.42. The number of hydrogen-bond donors (Lipinski definition) is 2. The van der Waals surface area contributed by atoms with Crippen molar-refractivity contribution in [3.05, 3.63) is 28.8 Å². The molecule has 1 atom stereocenters. The molecule has 0 radical (unpaired) electrons. The molecule has 0 aromatic heterocycles. The maximum absolute atomic E-state index is 11.6. The van der Waals surface area contributed by atoms with E-state index in [1.165, 1.54) is 23.9 Å². The molecule has 0 saturated carbocycles.